The second-order valence-electron chi connectivity index (χ2n) is 9.51. The molecule has 0 N–H and O–H groups in total. The number of hydrogen-bond donors (Lipinski definition) is 0. The minimum Gasteiger partial charge on any atom is -0.379 e. The normalized spacial score (nSPS) is 37.0. The van der Waals surface area contributed by atoms with E-state index in [9.17, 15) is 0 Å². The number of rotatable bonds is 7. The SMILES string of the molecule is CC(C)=CCCC(C)=CCN1C[C@@H]2[C@H](CN3CCOCC3)[C@H]3CC[C@]2(C1)O3. The third kappa shape index (κ3) is 4.34. The summed E-state index contributed by atoms with van der Waals surface area (Å²) < 4.78 is 12.2. The molecule has 4 saturated heterocycles. The smallest absolute Gasteiger partial charge is 0.0858 e. The van der Waals surface area contributed by atoms with Crippen molar-refractivity contribution in [3.63, 3.8) is 0 Å². The molecule has 0 unspecified atom stereocenters. The van der Waals surface area contributed by atoms with Gasteiger partial charge in [-0.05, 0) is 46.5 Å². The van der Waals surface area contributed by atoms with Crippen molar-refractivity contribution in [2.24, 2.45) is 11.8 Å². The molecule has 0 aliphatic carbocycles. The Kier molecular flexibility index (Phi) is 6.08. The molecule has 4 aliphatic heterocycles. The fourth-order valence-electron chi connectivity index (χ4n) is 5.73. The third-order valence-electron chi connectivity index (χ3n) is 7.22. The zero-order valence-electron chi connectivity index (χ0n) is 17.6. The third-order valence-corrected chi connectivity index (χ3v) is 7.22. The first-order valence-electron chi connectivity index (χ1n) is 11.0. The number of hydrogen-bond acceptors (Lipinski definition) is 4. The van der Waals surface area contributed by atoms with Crippen LogP contribution in [0.15, 0.2) is 23.3 Å². The molecular formula is C23H38N2O2. The van der Waals surface area contributed by atoms with Gasteiger partial charge in [-0.3, -0.25) is 9.80 Å². The maximum Gasteiger partial charge on any atom is 0.0858 e. The van der Waals surface area contributed by atoms with Gasteiger partial charge in [0, 0.05) is 51.1 Å². The Bertz CT molecular complexity index is 577. The molecule has 4 nitrogen and oxygen atoms in total. The van der Waals surface area contributed by atoms with Gasteiger partial charge >= 0.3 is 0 Å². The average Bonchev–Trinajstić information content (AvgIpc) is 3.30. The van der Waals surface area contributed by atoms with E-state index in [1.807, 2.05) is 0 Å². The zero-order chi connectivity index (χ0) is 18.9. The molecule has 0 radical (unpaired) electrons. The van der Waals surface area contributed by atoms with Crippen LogP contribution in [0.3, 0.4) is 0 Å². The molecule has 152 valence electrons. The van der Waals surface area contributed by atoms with Crippen LogP contribution in [0.5, 0.6) is 0 Å². The van der Waals surface area contributed by atoms with Crippen molar-refractivity contribution >= 4 is 0 Å². The predicted octanol–water partition coefficient (Wildman–Crippen LogP) is 3.49. The first-order valence-corrected chi connectivity index (χ1v) is 11.0. The lowest BCUT2D eigenvalue weighted by molar-refractivity contribution is -0.00140. The first-order chi connectivity index (χ1) is 13.1. The van der Waals surface area contributed by atoms with Crippen molar-refractivity contribution < 1.29 is 9.47 Å². The van der Waals surface area contributed by atoms with E-state index >= 15 is 0 Å². The molecule has 1 spiro atoms. The number of ether oxygens (including phenoxy) is 2. The molecule has 0 saturated carbocycles. The summed E-state index contributed by atoms with van der Waals surface area (Å²) in [6.07, 6.45) is 10.2. The van der Waals surface area contributed by atoms with Crippen LogP contribution in [0.1, 0.15) is 46.5 Å². The van der Waals surface area contributed by atoms with E-state index in [0.29, 0.717) is 6.10 Å². The molecule has 4 atom stereocenters. The molecule has 0 aromatic carbocycles. The van der Waals surface area contributed by atoms with Crippen LogP contribution in [-0.4, -0.2) is 74.0 Å². The minimum atomic E-state index is 0.172. The van der Waals surface area contributed by atoms with Crippen molar-refractivity contribution in [2.75, 3.05) is 52.5 Å². The lowest BCUT2D eigenvalue weighted by Gasteiger charge is -2.35. The lowest BCUT2D eigenvalue weighted by atomic mass is 9.73. The Labute approximate surface area is 165 Å². The van der Waals surface area contributed by atoms with Gasteiger partial charge in [-0.1, -0.05) is 23.3 Å². The predicted molar refractivity (Wildman–Crippen MR) is 110 cm³/mol. The maximum absolute atomic E-state index is 6.64. The highest BCUT2D eigenvalue weighted by molar-refractivity contribution is 5.14. The topological polar surface area (TPSA) is 24.9 Å². The summed E-state index contributed by atoms with van der Waals surface area (Å²) in [5.74, 6) is 1.46. The molecule has 0 aromatic heterocycles. The fraction of sp³-hybridized carbons (Fsp3) is 0.826. The van der Waals surface area contributed by atoms with Gasteiger partial charge in [-0.2, -0.15) is 0 Å². The highest BCUT2D eigenvalue weighted by atomic mass is 16.5. The van der Waals surface area contributed by atoms with E-state index in [1.165, 1.54) is 49.9 Å². The van der Waals surface area contributed by atoms with Crippen LogP contribution in [0.2, 0.25) is 0 Å². The maximum atomic E-state index is 6.64. The van der Waals surface area contributed by atoms with Gasteiger partial charge in [-0.25, -0.2) is 0 Å². The monoisotopic (exact) mass is 374 g/mol. The van der Waals surface area contributed by atoms with E-state index in [-0.39, 0.29) is 5.60 Å². The van der Waals surface area contributed by atoms with Crippen LogP contribution in [0.25, 0.3) is 0 Å². The van der Waals surface area contributed by atoms with Gasteiger partial charge in [-0.15, -0.1) is 0 Å². The van der Waals surface area contributed by atoms with Gasteiger partial charge in [0.2, 0.25) is 0 Å². The summed E-state index contributed by atoms with van der Waals surface area (Å²) >= 11 is 0. The van der Waals surface area contributed by atoms with Crippen LogP contribution in [0.4, 0.5) is 0 Å². The van der Waals surface area contributed by atoms with Crippen molar-refractivity contribution in [3.05, 3.63) is 23.3 Å². The number of likely N-dealkylation sites (tertiary alicyclic amines) is 1. The molecule has 27 heavy (non-hydrogen) atoms. The van der Waals surface area contributed by atoms with Crippen molar-refractivity contribution in [2.45, 2.75) is 58.2 Å². The van der Waals surface area contributed by atoms with Gasteiger partial charge in [0.1, 0.15) is 0 Å². The Balaban J connectivity index is 1.32. The summed E-state index contributed by atoms with van der Waals surface area (Å²) in [4.78, 5) is 5.27. The summed E-state index contributed by atoms with van der Waals surface area (Å²) in [7, 11) is 0. The first kappa shape index (κ1) is 19.6. The van der Waals surface area contributed by atoms with E-state index in [0.717, 1.165) is 51.2 Å². The van der Waals surface area contributed by atoms with Crippen LogP contribution in [-0.2, 0) is 9.47 Å². The Hall–Kier alpha value is -0.680. The molecule has 4 heterocycles. The van der Waals surface area contributed by atoms with E-state index in [1.54, 1.807) is 0 Å². The number of allylic oxidation sites excluding steroid dienone is 3. The van der Waals surface area contributed by atoms with Gasteiger partial charge in [0.15, 0.2) is 0 Å². The largest absolute Gasteiger partial charge is 0.379 e. The second-order valence-corrected chi connectivity index (χ2v) is 9.51. The highest BCUT2D eigenvalue weighted by Gasteiger charge is 2.62. The van der Waals surface area contributed by atoms with E-state index in [2.05, 4.69) is 42.7 Å². The van der Waals surface area contributed by atoms with Crippen LogP contribution < -0.4 is 0 Å². The van der Waals surface area contributed by atoms with Crippen molar-refractivity contribution in [1.82, 2.24) is 9.80 Å². The Morgan fingerprint density at radius 2 is 1.93 bits per heavy atom. The highest BCUT2D eigenvalue weighted by Crippen LogP contribution is 2.54. The standard InChI is InChI=1S/C23H38N2O2/c1-18(2)5-4-6-19(3)8-10-25-16-21-20(15-24-11-13-26-14-12-24)22-7-9-23(21,17-25)27-22/h5,8,20-22H,4,6-7,9-17H2,1-3H3/t20-,21+,22+,23+/m0/s1. The van der Waals surface area contributed by atoms with Crippen molar-refractivity contribution in [3.8, 4) is 0 Å². The second kappa shape index (κ2) is 8.36. The molecule has 4 rings (SSSR count). The minimum absolute atomic E-state index is 0.172. The Morgan fingerprint density at radius 1 is 1.11 bits per heavy atom. The number of nitrogens with zero attached hydrogens (tertiary/aromatic N) is 2. The van der Waals surface area contributed by atoms with Gasteiger partial charge < -0.3 is 9.47 Å². The molecule has 0 amide bonds. The van der Waals surface area contributed by atoms with E-state index < -0.39 is 0 Å². The summed E-state index contributed by atoms with van der Waals surface area (Å²) in [5.41, 5.74) is 3.12. The van der Waals surface area contributed by atoms with Gasteiger partial charge in [0.05, 0.1) is 24.9 Å². The lowest BCUT2D eigenvalue weighted by Crippen LogP contribution is -2.45. The molecular weight excluding hydrogens is 336 g/mol. The zero-order valence-corrected chi connectivity index (χ0v) is 17.6. The summed E-state index contributed by atoms with van der Waals surface area (Å²) in [6.45, 7) is 15.3. The molecule has 2 bridgehead atoms. The van der Waals surface area contributed by atoms with E-state index in [4.69, 9.17) is 9.47 Å². The Morgan fingerprint density at radius 3 is 2.70 bits per heavy atom. The number of fused-ring (bicyclic) bond motifs is 1. The van der Waals surface area contributed by atoms with Gasteiger partial charge in [0.25, 0.3) is 0 Å². The fourth-order valence-corrected chi connectivity index (χ4v) is 5.73. The average molecular weight is 375 g/mol. The summed E-state index contributed by atoms with van der Waals surface area (Å²) in [6, 6.07) is 0. The molecule has 4 heteroatoms. The quantitative estimate of drug-likeness (QED) is 0.637. The molecule has 4 aliphatic rings. The molecule has 4 fully saturated rings. The van der Waals surface area contributed by atoms with Crippen LogP contribution >= 0.6 is 0 Å². The summed E-state index contributed by atoms with van der Waals surface area (Å²) in [5, 5.41) is 0. The van der Waals surface area contributed by atoms with Crippen LogP contribution in [0, 0.1) is 11.8 Å². The number of morpholine rings is 1. The molecule has 0 aromatic rings. The van der Waals surface area contributed by atoms with Crippen molar-refractivity contribution in [1.29, 1.82) is 0 Å².